The summed E-state index contributed by atoms with van der Waals surface area (Å²) in [7, 11) is 0. The van der Waals surface area contributed by atoms with Crippen molar-refractivity contribution >= 4 is 0 Å². The number of benzene rings is 1. The van der Waals surface area contributed by atoms with Crippen molar-refractivity contribution in [3.63, 3.8) is 0 Å². The number of nitrogens with zero attached hydrogens (tertiary/aromatic N) is 3. The third-order valence-corrected chi connectivity index (χ3v) is 6.49. The topological polar surface area (TPSA) is 39.2 Å². The summed E-state index contributed by atoms with van der Waals surface area (Å²) in [5.41, 5.74) is 1.26. The molecule has 1 N–H and O–H groups in total. The van der Waals surface area contributed by atoms with E-state index < -0.39 is 0 Å². The summed E-state index contributed by atoms with van der Waals surface area (Å²) in [5, 5.41) is 9.66. The smallest absolute Gasteiger partial charge is 0.123 e. The molecule has 0 spiro atoms. The number of likely N-dealkylation sites (tertiary alicyclic amines) is 1. The molecular weight excluding hydrogens is 350 g/mol. The van der Waals surface area contributed by atoms with Crippen LogP contribution in [0.1, 0.15) is 45.6 Å². The number of aliphatic hydroxyl groups excluding tert-OH is 1. The van der Waals surface area contributed by atoms with Gasteiger partial charge in [-0.15, -0.1) is 0 Å². The molecule has 0 aliphatic carbocycles. The maximum absolute atomic E-state index is 9.66. The van der Waals surface area contributed by atoms with Crippen molar-refractivity contribution in [2.75, 3.05) is 45.9 Å². The molecule has 1 aromatic carbocycles. The van der Waals surface area contributed by atoms with Gasteiger partial charge in [-0.2, -0.15) is 0 Å². The van der Waals surface area contributed by atoms with Crippen LogP contribution in [0.25, 0.3) is 0 Å². The van der Waals surface area contributed by atoms with Crippen molar-refractivity contribution in [3.8, 4) is 5.75 Å². The van der Waals surface area contributed by atoms with Crippen molar-refractivity contribution in [1.29, 1.82) is 0 Å². The maximum Gasteiger partial charge on any atom is 0.123 e. The summed E-state index contributed by atoms with van der Waals surface area (Å²) in [5.74, 6) is 0.997. The van der Waals surface area contributed by atoms with Gasteiger partial charge in [0.15, 0.2) is 0 Å². The molecule has 2 aliphatic heterocycles. The number of hydrogen-bond donors (Lipinski definition) is 1. The van der Waals surface area contributed by atoms with E-state index in [1.54, 1.807) is 0 Å². The molecule has 28 heavy (non-hydrogen) atoms. The lowest BCUT2D eigenvalue weighted by atomic mass is 9.98. The van der Waals surface area contributed by atoms with Crippen molar-refractivity contribution in [3.05, 3.63) is 29.8 Å². The van der Waals surface area contributed by atoms with Gasteiger partial charge < -0.3 is 14.7 Å². The highest BCUT2D eigenvalue weighted by atomic mass is 16.5. The number of hydrogen-bond acceptors (Lipinski definition) is 5. The maximum atomic E-state index is 9.66. The Bertz CT molecular complexity index is 587. The Labute approximate surface area is 171 Å². The summed E-state index contributed by atoms with van der Waals surface area (Å²) in [6.45, 7) is 14.2. The molecule has 2 aliphatic rings. The molecule has 0 bridgehead atoms. The van der Waals surface area contributed by atoms with Gasteiger partial charge in [0.2, 0.25) is 0 Å². The number of piperidine rings is 1. The second-order valence-corrected chi connectivity index (χ2v) is 8.53. The van der Waals surface area contributed by atoms with E-state index >= 15 is 0 Å². The summed E-state index contributed by atoms with van der Waals surface area (Å²) in [6, 6.07) is 10.2. The molecule has 5 heteroatoms. The highest BCUT2D eigenvalue weighted by Gasteiger charge is 2.32. The number of para-hydroxylation sites is 1. The van der Waals surface area contributed by atoms with Gasteiger partial charge in [0.1, 0.15) is 5.75 Å². The quantitative estimate of drug-likeness (QED) is 0.740. The van der Waals surface area contributed by atoms with E-state index in [0.29, 0.717) is 24.7 Å². The van der Waals surface area contributed by atoms with Gasteiger partial charge in [-0.05, 0) is 59.2 Å². The minimum Gasteiger partial charge on any atom is -0.494 e. The van der Waals surface area contributed by atoms with E-state index in [9.17, 15) is 5.11 Å². The molecule has 0 amide bonds. The first-order valence-electron chi connectivity index (χ1n) is 11.2. The molecule has 1 atom stereocenters. The minimum absolute atomic E-state index is 0.258. The monoisotopic (exact) mass is 389 g/mol. The zero-order valence-electron chi connectivity index (χ0n) is 18.0. The summed E-state index contributed by atoms with van der Waals surface area (Å²) >= 11 is 0. The fourth-order valence-electron chi connectivity index (χ4n) is 4.80. The molecule has 3 rings (SSSR count). The largest absolute Gasteiger partial charge is 0.494 e. The Morgan fingerprint density at radius 2 is 1.86 bits per heavy atom. The van der Waals surface area contributed by atoms with E-state index in [1.807, 2.05) is 13.0 Å². The third-order valence-electron chi connectivity index (χ3n) is 6.49. The minimum atomic E-state index is 0.258. The molecule has 158 valence electrons. The number of piperazine rings is 1. The van der Waals surface area contributed by atoms with Crippen LogP contribution >= 0.6 is 0 Å². The lowest BCUT2D eigenvalue weighted by molar-refractivity contribution is 0.00959. The Morgan fingerprint density at radius 3 is 2.54 bits per heavy atom. The Hall–Kier alpha value is -1.14. The molecule has 2 heterocycles. The molecule has 0 aromatic heterocycles. The van der Waals surface area contributed by atoms with Crippen molar-refractivity contribution < 1.29 is 9.84 Å². The molecule has 1 unspecified atom stereocenters. The van der Waals surface area contributed by atoms with Crippen LogP contribution in [0.5, 0.6) is 5.75 Å². The summed E-state index contributed by atoms with van der Waals surface area (Å²) in [4.78, 5) is 7.85. The fraction of sp³-hybridized carbons (Fsp3) is 0.739. The highest BCUT2D eigenvalue weighted by molar-refractivity contribution is 5.33. The van der Waals surface area contributed by atoms with E-state index in [-0.39, 0.29) is 6.61 Å². The SMILES string of the molecule is CCOc1ccccc1CN1CCN(C2CCN(C(C)C)CC2)CC1CCO. The first kappa shape index (κ1) is 21.6. The van der Waals surface area contributed by atoms with Crippen LogP contribution in [-0.4, -0.2) is 83.9 Å². The molecule has 1 aromatic rings. The number of rotatable bonds is 8. The van der Waals surface area contributed by atoms with E-state index in [4.69, 9.17) is 4.74 Å². The standard InChI is InChI=1S/C23H39N3O2/c1-4-28-23-8-6-5-7-20(23)17-25-14-15-26(18-22(25)11-16-27)21-9-12-24(13-10-21)19(2)3/h5-8,19,21-22,27H,4,9-18H2,1-3H3. The first-order valence-corrected chi connectivity index (χ1v) is 11.2. The van der Waals surface area contributed by atoms with Crippen LogP contribution in [0.4, 0.5) is 0 Å². The average molecular weight is 390 g/mol. The molecule has 2 saturated heterocycles. The zero-order valence-corrected chi connectivity index (χ0v) is 18.0. The number of aliphatic hydroxyl groups is 1. The predicted octanol–water partition coefficient (Wildman–Crippen LogP) is 2.83. The Morgan fingerprint density at radius 1 is 1.11 bits per heavy atom. The van der Waals surface area contributed by atoms with Crippen LogP contribution in [0, 0.1) is 0 Å². The summed E-state index contributed by atoms with van der Waals surface area (Å²) < 4.78 is 5.83. The van der Waals surface area contributed by atoms with Gasteiger partial charge in [0.05, 0.1) is 6.61 Å². The Kier molecular flexibility index (Phi) is 8.15. The number of ether oxygens (including phenoxy) is 1. The molecule has 2 fully saturated rings. The predicted molar refractivity (Wildman–Crippen MR) is 115 cm³/mol. The van der Waals surface area contributed by atoms with Gasteiger partial charge in [0, 0.05) is 56.5 Å². The van der Waals surface area contributed by atoms with Gasteiger partial charge in [0.25, 0.3) is 0 Å². The average Bonchev–Trinajstić information content (AvgIpc) is 2.71. The van der Waals surface area contributed by atoms with Gasteiger partial charge in [-0.3, -0.25) is 9.80 Å². The lowest BCUT2D eigenvalue weighted by Gasteiger charge is -2.47. The Balaban J connectivity index is 1.60. The molecular formula is C23H39N3O2. The normalized spacial score (nSPS) is 23.4. The van der Waals surface area contributed by atoms with E-state index in [2.05, 4.69) is 46.7 Å². The molecule has 5 nitrogen and oxygen atoms in total. The summed E-state index contributed by atoms with van der Waals surface area (Å²) in [6.07, 6.45) is 3.40. The lowest BCUT2D eigenvalue weighted by Crippen LogP contribution is -2.57. The highest BCUT2D eigenvalue weighted by Crippen LogP contribution is 2.26. The second-order valence-electron chi connectivity index (χ2n) is 8.53. The van der Waals surface area contributed by atoms with Crippen molar-refractivity contribution in [2.24, 2.45) is 0 Å². The third kappa shape index (κ3) is 5.47. The molecule has 0 radical (unpaired) electrons. The van der Waals surface area contributed by atoms with Crippen molar-refractivity contribution in [1.82, 2.24) is 14.7 Å². The second kappa shape index (κ2) is 10.6. The molecule has 0 saturated carbocycles. The van der Waals surface area contributed by atoms with Crippen LogP contribution in [0.3, 0.4) is 0 Å². The van der Waals surface area contributed by atoms with Gasteiger partial charge in [-0.25, -0.2) is 0 Å². The fourth-order valence-corrected chi connectivity index (χ4v) is 4.80. The van der Waals surface area contributed by atoms with Crippen LogP contribution in [0.15, 0.2) is 24.3 Å². The van der Waals surface area contributed by atoms with Crippen LogP contribution in [0.2, 0.25) is 0 Å². The van der Waals surface area contributed by atoms with Gasteiger partial charge >= 0.3 is 0 Å². The van der Waals surface area contributed by atoms with Crippen LogP contribution < -0.4 is 4.74 Å². The first-order chi connectivity index (χ1) is 13.6. The van der Waals surface area contributed by atoms with Gasteiger partial charge in [-0.1, -0.05) is 18.2 Å². The van der Waals surface area contributed by atoms with E-state index in [0.717, 1.165) is 38.3 Å². The zero-order chi connectivity index (χ0) is 19.9. The van der Waals surface area contributed by atoms with Crippen LogP contribution in [-0.2, 0) is 6.54 Å². The van der Waals surface area contributed by atoms with Crippen molar-refractivity contribution in [2.45, 2.75) is 64.7 Å². The van der Waals surface area contributed by atoms with E-state index in [1.165, 1.54) is 31.5 Å².